The topological polar surface area (TPSA) is 27.7 Å². The second-order valence-electron chi connectivity index (χ2n) is 4.33. The SMILES string of the molecule is COc1cc(Cl)c(C(Br)c2ccccc2OC)cc1OC. The van der Waals surface area contributed by atoms with Crippen LogP contribution in [-0.4, -0.2) is 21.3 Å². The zero-order valence-corrected chi connectivity index (χ0v) is 14.4. The van der Waals surface area contributed by atoms with E-state index in [1.807, 2.05) is 30.3 Å². The Morgan fingerprint density at radius 3 is 2.05 bits per heavy atom. The Bertz CT molecular complexity index is 631. The van der Waals surface area contributed by atoms with Gasteiger partial charge in [-0.15, -0.1) is 0 Å². The van der Waals surface area contributed by atoms with E-state index in [0.717, 1.165) is 16.9 Å². The minimum absolute atomic E-state index is 0.110. The maximum atomic E-state index is 6.37. The molecule has 0 N–H and O–H groups in total. The molecule has 0 aliphatic heterocycles. The van der Waals surface area contributed by atoms with Crippen molar-refractivity contribution in [3.8, 4) is 17.2 Å². The van der Waals surface area contributed by atoms with Crippen LogP contribution < -0.4 is 14.2 Å². The molecule has 0 aliphatic carbocycles. The van der Waals surface area contributed by atoms with Crippen LogP contribution in [-0.2, 0) is 0 Å². The van der Waals surface area contributed by atoms with Gasteiger partial charge in [0, 0.05) is 16.7 Å². The van der Waals surface area contributed by atoms with Gasteiger partial charge in [0.2, 0.25) is 0 Å². The van der Waals surface area contributed by atoms with Crippen LogP contribution in [0.5, 0.6) is 17.2 Å². The van der Waals surface area contributed by atoms with E-state index in [4.69, 9.17) is 25.8 Å². The molecule has 5 heteroatoms. The highest BCUT2D eigenvalue weighted by molar-refractivity contribution is 9.09. The van der Waals surface area contributed by atoms with Crippen molar-refractivity contribution in [1.82, 2.24) is 0 Å². The largest absolute Gasteiger partial charge is 0.496 e. The van der Waals surface area contributed by atoms with Crippen molar-refractivity contribution in [3.05, 3.63) is 52.5 Å². The van der Waals surface area contributed by atoms with Gasteiger partial charge in [0.1, 0.15) is 5.75 Å². The Labute approximate surface area is 137 Å². The smallest absolute Gasteiger partial charge is 0.162 e. The molecular formula is C16H16BrClO3. The van der Waals surface area contributed by atoms with Crippen molar-refractivity contribution < 1.29 is 14.2 Å². The summed E-state index contributed by atoms with van der Waals surface area (Å²) in [5.74, 6) is 2.03. The Morgan fingerprint density at radius 1 is 0.857 bits per heavy atom. The second kappa shape index (κ2) is 7.05. The van der Waals surface area contributed by atoms with Gasteiger partial charge in [0.25, 0.3) is 0 Å². The van der Waals surface area contributed by atoms with Gasteiger partial charge in [-0.25, -0.2) is 0 Å². The molecule has 2 aromatic rings. The van der Waals surface area contributed by atoms with Crippen LogP contribution >= 0.6 is 27.5 Å². The molecule has 2 aromatic carbocycles. The summed E-state index contributed by atoms with van der Waals surface area (Å²) >= 11 is 10.1. The molecule has 3 nitrogen and oxygen atoms in total. The molecule has 0 fully saturated rings. The van der Waals surface area contributed by atoms with Gasteiger partial charge >= 0.3 is 0 Å². The normalized spacial score (nSPS) is 11.9. The fourth-order valence-electron chi connectivity index (χ4n) is 2.11. The van der Waals surface area contributed by atoms with E-state index in [1.54, 1.807) is 27.4 Å². The van der Waals surface area contributed by atoms with E-state index >= 15 is 0 Å². The van der Waals surface area contributed by atoms with E-state index in [1.165, 1.54) is 0 Å². The molecule has 0 aliphatic rings. The maximum Gasteiger partial charge on any atom is 0.162 e. The Kier molecular flexibility index (Phi) is 5.37. The summed E-state index contributed by atoms with van der Waals surface area (Å²) < 4.78 is 16.0. The molecule has 0 bridgehead atoms. The quantitative estimate of drug-likeness (QED) is 0.703. The molecule has 21 heavy (non-hydrogen) atoms. The summed E-state index contributed by atoms with van der Waals surface area (Å²) in [6, 6.07) is 11.4. The Morgan fingerprint density at radius 2 is 1.43 bits per heavy atom. The van der Waals surface area contributed by atoms with Crippen molar-refractivity contribution >= 4 is 27.5 Å². The molecule has 0 spiro atoms. The Balaban J connectivity index is 2.50. The van der Waals surface area contributed by atoms with E-state index in [9.17, 15) is 0 Å². The molecule has 1 unspecified atom stereocenters. The van der Waals surface area contributed by atoms with E-state index in [-0.39, 0.29) is 4.83 Å². The van der Waals surface area contributed by atoms with Gasteiger partial charge in [-0.2, -0.15) is 0 Å². The predicted octanol–water partition coefficient (Wildman–Crippen LogP) is 4.85. The van der Waals surface area contributed by atoms with Gasteiger partial charge in [0.15, 0.2) is 11.5 Å². The molecule has 0 aromatic heterocycles. The molecule has 1 atom stereocenters. The predicted molar refractivity (Wildman–Crippen MR) is 88.3 cm³/mol. The third-order valence-electron chi connectivity index (χ3n) is 3.19. The van der Waals surface area contributed by atoms with E-state index < -0.39 is 0 Å². The first-order valence-corrected chi connectivity index (χ1v) is 7.60. The molecule has 0 amide bonds. The lowest BCUT2D eigenvalue weighted by Gasteiger charge is -2.18. The highest BCUT2D eigenvalue weighted by Gasteiger charge is 2.20. The van der Waals surface area contributed by atoms with Gasteiger partial charge in [-0.3, -0.25) is 0 Å². The van der Waals surface area contributed by atoms with E-state index in [2.05, 4.69) is 15.9 Å². The summed E-state index contributed by atoms with van der Waals surface area (Å²) in [5.41, 5.74) is 1.88. The lowest BCUT2D eigenvalue weighted by atomic mass is 10.0. The first-order chi connectivity index (χ1) is 10.1. The Hall–Kier alpha value is -1.39. The lowest BCUT2D eigenvalue weighted by Crippen LogP contribution is -1.99. The van der Waals surface area contributed by atoms with Crippen molar-refractivity contribution in [2.24, 2.45) is 0 Å². The van der Waals surface area contributed by atoms with Crippen molar-refractivity contribution in [2.45, 2.75) is 4.83 Å². The van der Waals surface area contributed by atoms with E-state index in [0.29, 0.717) is 16.5 Å². The second-order valence-corrected chi connectivity index (χ2v) is 5.66. The number of hydrogen-bond acceptors (Lipinski definition) is 3. The molecule has 0 radical (unpaired) electrons. The zero-order valence-electron chi connectivity index (χ0n) is 12.0. The van der Waals surface area contributed by atoms with Crippen LogP contribution in [0.1, 0.15) is 16.0 Å². The number of ether oxygens (including phenoxy) is 3. The van der Waals surface area contributed by atoms with Crippen molar-refractivity contribution in [1.29, 1.82) is 0 Å². The number of rotatable bonds is 5. The number of hydrogen-bond donors (Lipinski definition) is 0. The number of alkyl halides is 1. The first-order valence-electron chi connectivity index (χ1n) is 6.30. The molecule has 0 saturated carbocycles. The molecule has 112 valence electrons. The fraction of sp³-hybridized carbons (Fsp3) is 0.250. The van der Waals surface area contributed by atoms with Crippen molar-refractivity contribution in [2.75, 3.05) is 21.3 Å². The summed E-state index contributed by atoms with van der Waals surface area (Å²) in [5, 5.41) is 0.598. The average molecular weight is 372 g/mol. The number of halogens is 2. The van der Waals surface area contributed by atoms with Gasteiger partial charge in [-0.05, 0) is 17.7 Å². The third-order valence-corrected chi connectivity index (χ3v) is 4.50. The number of para-hydroxylation sites is 1. The van der Waals surface area contributed by atoms with Crippen LogP contribution in [0.3, 0.4) is 0 Å². The molecule has 0 heterocycles. The summed E-state index contributed by atoms with van der Waals surface area (Å²) in [4.78, 5) is -0.110. The minimum atomic E-state index is -0.110. The zero-order chi connectivity index (χ0) is 15.4. The van der Waals surface area contributed by atoms with Gasteiger partial charge in [0.05, 0.1) is 26.2 Å². The lowest BCUT2D eigenvalue weighted by molar-refractivity contribution is 0.354. The maximum absolute atomic E-state index is 6.37. The van der Waals surface area contributed by atoms with Crippen molar-refractivity contribution in [3.63, 3.8) is 0 Å². The van der Waals surface area contributed by atoms with Crippen LogP contribution in [0.4, 0.5) is 0 Å². The van der Waals surface area contributed by atoms with Crippen LogP contribution in [0.15, 0.2) is 36.4 Å². The third kappa shape index (κ3) is 3.27. The minimum Gasteiger partial charge on any atom is -0.496 e. The molecule has 2 rings (SSSR count). The van der Waals surface area contributed by atoms with Crippen LogP contribution in [0.2, 0.25) is 5.02 Å². The average Bonchev–Trinajstić information content (AvgIpc) is 2.53. The first kappa shape index (κ1) is 16.0. The molecular weight excluding hydrogens is 356 g/mol. The fourth-order valence-corrected chi connectivity index (χ4v) is 3.26. The summed E-state index contributed by atoms with van der Waals surface area (Å²) in [6.45, 7) is 0. The van der Waals surface area contributed by atoms with Gasteiger partial charge < -0.3 is 14.2 Å². The summed E-state index contributed by atoms with van der Waals surface area (Å²) in [6.07, 6.45) is 0. The number of methoxy groups -OCH3 is 3. The highest BCUT2D eigenvalue weighted by atomic mass is 79.9. The van der Waals surface area contributed by atoms with Crippen LogP contribution in [0.25, 0.3) is 0 Å². The standard InChI is InChI=1S/C16H16BrClO3/c1-19-13-7-5-4-6-10(13)16(17)11-8-14(20-2)15(21-3)9-12(11)18/h4-9,16H,1-3H3. The summed E-state index contributed by atoms with van der Waals surface area (Å²) in [7, 11) is 4.83. The monoisotopic (exact) mass is 370 g/mol. The van der Waals surface area contributed by atoms with Gasteiger partial charge in [-0.1, -0.05) is 45.7 Å². The van der Waals surface area contributed by atoms with Crippen LogP contribution in [0, 0.1) is 0 Å². The number of benzene rings is 2. The highest BCUT2D eigenvalue weighted by Crippen LogP contribution is 2.43. The molecule has 0 saturated heterocycles.